The Morgan fingerprint density at radius 3 is 2.88 bits per heavy atom. The van der Waals surface area contributed by atoms with Crippen molar-refractivity contribution in [3.63, 3.8) is 0 Å². The van der Waals surface area contributed by atoms with E-state index in [2.05, 4.69) is 27.5 Å². The van der Waals surface area contributed by atoms with Crippen LogP contribution in [0.1, 0.15) is 34.9 Å². The Hall–Kier alpha value is -2.46. The van der Waals surface area contributed by atoms with E-state index in [1.807, 2.05) is 19.2 Å². The van der Waals surface area contributed by atoms with Crippen LogP contribution in [0.2, 0.25) is 0 Å². The number of thiazole rings is 1. The van der Waals surface area contributed by atoms with Crippen molar-refractivity contribution in [3.8, 4) is 6.07 Å². The third-order valence-electron chi connectivity index (χ3n) is 3.28. The van der Waals surface area contributed by atoms with E-state index in [1.54, 1.807) is 11.3 Å². The fourth-order valence-corrected chi connectivity index (χ4v) is 2.83. The van der Waals surface area contributed by atoms with Gasteiger partial charge in [0.05, 0.1) is 24.7 Å². The minimum absolute atomic E-state index is 0.161. The lowest BCUT2D eigenvalue weighted by molar-refractivity contribution is 0.610. The lowest BCUT2D eigenvalue weighted by atomic mass is 10.1. The molecular formula is C17H20FN5S. The van der Waals surface area contributed by atoms with E-state index in [-0.39, 0.29) is 12.4 Å². The smallest absolute Gasteiger partial charge is 0.191 e. The van der Waals surface area contributed by atoms with Crippen LogP contribution in [-0.2, 0) is 19.5 Å². The van der Waals surface area contributed by atoms with Gasteiger partial charge in [0, 0.05) is 23.2 Å². The van der Waals surface area contributed by atoms with Gasteiger partial charge in [0.1, 0.15) is 10.8 Å². The molecule has 2 rings (SSSR count). The number of nitrogens with zero attached hydrogens (tertiary/aromatic N) is 3. The summed E-state index contributed by atoms with van der Waals surface area (Å²) in [4.78, 5) is 9.98. The molecule has 1 aromatic heterocycles. The van der Waals surface area contributed by atoms with Gasteiger partial charge in [0.2, 0.25) is 0 Å². The highest BCUT2D eigenvalue weighted by Crippen LogP contribution is 2.13. The van der Waals surface area contributed by atoms with Crippen molar-refractivity contribution in [3.05, 3.63) is 51.2 Å². The number of nitrogens with one attached hydrogen (secondary N) is 2. The molecule has 0 spiro atoms. The van der Waals surface area contributed by atoms with Crippen LogP contribution in [0.15, 0.2) is 29.4 Å². The van der Waals surface area contributed by atoms with E-state index < -0.39 is 0 Å². The fourth-order valence-electron chi connectivity index (χ4n) is 2.02. The van der Waals surface area contributed by atoms with Crippen LogP contribution in [0.25, 0.3) is 0 Å². The SMILES string of the molecule is CCNC(=NCc1cc(C#N)ccc1F)NCc1ncc(CC)s1. The maximum absolute atomic E-state index is 13.8. The van der Waals surface area contributed by atoms with Gasteiger partial charge in [-0.15, -0.1) is 11.3 Å². The number of rotatable bonds is 6. The standard InChI is InChI=1S/C17H20FN5S/c1-3-14-10-21-16(24-14)11-23-17(20-4-2)22-9-13-7-12(8-19)5-6-15(13)18/h5-7,10H,3-4,9,11H2,1-2H3,(H2,20,22,23). The second-order valence-corrected chi connectivity index (χ2v) is 6.24. The van der Waals surface area contributed by atoms with Gasteiger partial charge in [-0.25, -0.2) is 14.4 Å². The minimum Gasteiger partial charge on any atom is -0.357 e. The zero-order valence-corrected chi connectivity index (χ0v) is 14.6. The Labute approximate surface area is 145 Å². The first-order valence-corrected chi connectivity index (χ1v) is 8.62. The van der Waals surface area contributed by atoms with E-state index in [4.69, 9.17) is 5.26 Å². The lowest BCUT2D eigenvalue weighted by Crippen LogP contribution is -2.36. The maximum atomic E-state index is 13.8. The molecule has 0 aliphatic carbocycles. The second-order valence-electron chi connectivity index (χ2n) is 5.04. The first-order valence-electron chi connectivity index (χ1n) is 7.80. The van der Waals surface area contributed by atoms with E-state index in [1.165, 1.54) is 23.1 Å². The Kier molecular flexibility index (Phi) is 6.70. The zero-order valence-electron chi connectivity index (χ0n) is 13.8. The molecule has 7 heteroatoms. The number of benzene rings is 1. The number of aryl methyl sites for hydroxylation is 1. The largest absolute Gasteiger partial charge is 0.357 e. The van der Waals surface area contributed by atoms with Crippen LogP contribution in [0.4, 0.5) is 4.39 Å². The zero-order chi connectivity index (χ0) is 17.4. The van der Waals surface area contributed by atoms with E-state index in [0.717, 1.165) is 11.4 Å². The summed E-state index contributed by atoms with van der Waals surface area (Å²) in [5.41, 5.74) is 0.822. The van der Waals surface area contributed by atoms with Crippen LogP contribution in [0.3, 0.4) is 0 Å². The minimum atomic E-state index is -0.360. The van der Waals surface area contributed by atoms with Crippen LogP contribution < -0.4 is 10.6 Å². The summed E-state index contributed by atoms with van der Waals surface area (Å²) >= 11 is 1.66. The third-order valence-corrected chi connectivity index (χ3v) is 4.43. The molecule has 0 unspecified atom stereocenters. The summed E-state index contributed by atoms with van der Waals surface area (Å²) in [5, 5.41) is 16.2. The van der Waals surface area contributed by atoms with Crippen molar-refractivity contribution in [2.45, 2.75) is 33.4 Å². The van der Waals surface area contributed by atoms with Crippen molar-refractivity contribution in [2.75, 3.05) is 6.54 Å². The number of nitriles is 1. The van der Waals surface area contributed by atoms with Gasteiger partial charge in [-0.05, 0) is 31.5 Å². The van der Waals surface area contributed by atoms with E-state index >= 15 is 0 Å². The molecule has 0 amide bonds. The highest BCUT2D eigenvalue weighted by molar-refractivity contribution is 7.11. The van der Waals surface area contributed by atoms with Gasteiger partial charge in [0.25, 0.3) is 0 Å². The fraction of sp³-hybridized carbons (Fsp3) is 0.353. The first-order chi connectivity index (χ1) is 11.7. The Morgan fingerprint density at radius 2 is 2.21 bits per heavy atom. The van der Waals surface area contributed by atoms with Crippen LogP contribution in [0, 0.1) is 17.1 Å². The predicted octanol–water partition coefficient (Wildman–Crippen LogP) is 2.97. The van der Waals surface area contributed by atoms with Crippen molar-refractivity contribution in [1.29, 1.82) is 5.26 Å². The average Bonchev–Trinajstić information content (AvgIpc) is 3.06. The van der Waals surface area contributed by atoms with Gasteiger partial charge in [-0.3, -0.25) is 0 Å². The van der Waals surface area contributed by atoms with Crippen molar-refractivity contribution >= 4 is 17.3 Å². The molecule has 0 radical (unpaired) electrons. The summed E-state index contributed by atoms with van der Waals surface area (Å²) in [5.74, 6) is 0.230. The molecule has 0 saturated carbocycles. The highest BCUT2D eigenvalue weighted by atomic mass is 32.1. The molecular weight excluding hydrogens is 325 g/mol. The van der Waals surface area contributed by atoms with Crippen LogP contribution in [0.5, 0.6) is 0 Å². The number of aliphatic imine (C=N–C) groups is 1. The highest BCUT2D eigenvalue weighted by Gasteiger charge is 2.05. The molecule has 0 aliphatic heterocycles. The number of aromatic nitrogens is 1. The van der Waals surface area contributed by atoms with Gasteiger partial charge in [0.15, 0.2) is 5.96 Å². The second kappa shape index (κ2) is 8.99. The molecule has 1 heterocycles. The van der Waals surface area contributed by atoms with Crippen molar-refractivity contribution < 1.29 is 4.39 Å². The summed E-state index contributed by atoms with van der Waals surface area (Å²) in [7, 11) is 0. The van der Waals surface area contributed by atoms with Gasteiger partial charge >= 0.3 is 0 Å². The maximum Gasteiger partial charge on any atom is 0.191 e. The van der Waals surface area contributed by atoms with E-state index in [9.17, 15) is 4.39 Å². The van der Waals surface area contributed by atoms with E-state index in [0.29, 0.717) is 30.2 Å². The van der Waals surface area contributed by atoms with Gasteiger partial charge < -0.3 is 10.6 Å². The normalized spacial score (nSPS) is 11.2. The first kappa shape index (κ1) is 17.9. The molecule has 5 nitrogen and oxygen atoms in total. The predicted molar refractivity (Wildman–Crippen MR) is 94.3 cm³/mol. The van der Waals surface area contributed by atoms with Gasteiger partial charge in [-0.1, -0.05) is 6.92 Å². The molecule has 24 heavy (non-hydrogen) atoms. The quantitative estimate of drug-likeness (QED) is 0.624. The Bertz CT molecular complexity index is 748. The number of halogens is 1. The average molecular weight is 345 g/mol. The van der Waals surface area contributed by atoms with Gasteiger partial charge in [-0.2, -0.15) is 5.26 Å². The molecule has 126 valence electrons. The summed E-state index contributed by atoms with van der Waals surface area (Å²) in [6.45, 7) is 5.49. The lowest BCUT2D eigenvalue weighted by Gasteiger charge is -2.10. The summed E-state index contributed by atoms with van der Waals surface area (Å²) in [6.07, 6.45) is 2.86. The molecule has 0 aliphatic rings. The molecule has 0 atom stereocenters. The summed E-state index contributed by atoms with van der Waals surface area (Å²) in [6, 6.07) is 6.29. The Balaban J connectivity index is 2.03. The van der Waals surface area contributed by atoms with Crippen molar-refractivity contribution in [2.24, 2.45) is 4.99 Å². The topological polar surface area (TPSA) is 73.1 Å². The molecule has 0 fully saturated rings. The molecule has 1 aromatic carbocycles. The van der Waals surface area contributed by atoms with Crippen molar-refractivity contribution in [1.82, 2.24) is 15.6 Å². The molecule has 0 bridgehead atoms. The number of hydrogen-bond acceptors (Lipinski definition) is 4. The molecule has 2 N–H and O–H groups in total. The van der Waals surface area contributed by atoms with Crippen LogP contribution in [-0.4, -0.2) is 17.5 Å². The van der Waals surface area contributed by atoms with Crippen LogP contribution >= 0.6 is 11.3 Å². The Morgan fingerprint density at radius 1 is 1.38 bits per heavy atom. The monoisotopic (exact) mass is 345 g/mol. The number of hydrogen-bond donors (Lipinski definition) is 2. The summed E-state index contributed by atoms with van der Waals surface area (Å²) < 4.78 is 13.8. The third kappa shape index (κ3) is 5.03. The number of guanidine groups is 1. The molecule has 0 saturated heterocycles. The molecule has 2 aromatic rings.